The highest BCUT2D eigenvalue weighted by molar-refractivity contribution is 5.65. The Bertz CT molecular complexity index is 1410. The average Bonchev–Trinajstić information content (AvgIpc) is 3.75. The van der Waals surface area contributed by atoms with Crippen molar-refractivity contribution >= 4 is 0 Å². The Morgan fingerprint density at radius 3 is 1.36 bits per heavy atom. The average molecular weight is 595 g/mol. The van der Waals surface area contributed by atoms with Gasteiger partial charge in [-0.15, -0.1) is 10.2 Å². The monoisotopic (exact) mass is 594 g/mol. The molecule has 5 rings (SSSR count). The molecule has 10 heteroatoms. The van der Waals surface area contributed by atoms with Crippen molar-refractivity contribution in [3.63, 3.8) is 0 Å². The van der Waals surface area contributed by atoms with Gasteiger partial charge in [0.15, 0.2) is 0 Å². The molecule has 0 aliphatic rings. The Morgan fingerprint density at radius 2 is 0.977 bits per heavy atom. The van der Waals surface area contributed by atoms with Gasteiger partial charge in [-0.2, -0.15) is 0 Å². The van der Waals surface area contributed by atoms with Gasteiger partial charge >= 0.3 is 0 Å². The number of rotatable bonds is 18. The van der Waals surface area contributed by atoms with Crippen molar-refractivity contribution in [2.45, 2.75) is 38.8 Å². The van der Waals surface area contributed by atoms with E-state index < -0.39 is 0 Å². The zero-order chi connectivity index (χ0) is 30.4. The fraction of sp³-hybridized carbons (Fsp3) is 0.353. The molecule has 0 bridgehead atoms. The first-order chi connectivity index (χ1) is 21.7. The van der Waals surface area contributed by atoms with E-state index >= 15 is 0 Å². The Hall–Kier alpha value is -4.54. The van der Waals surface area contributed by atoms with E-state index in [-0.39, 0.29) is 0 Å². The fourth-order valence-corrected chi connectivity index (χ4v) is 4.76. The third kappa shape index (κ3) is 9.23. The number of nitrogens with one attached hydrogen (secondary N) is 2. The summed E-state index contributed by atoms with van der Waals surface area (Å²) in [6.07, 6.45) is 7.70. The van der Waals surface area contributed by atoms with Crippen LogP contribution in [0.2, 0.25) is 0 Å². The summed E-state index contributed by atoms with van der Waals surface area (Å²) >= 11 is 0. The van der Waals surface area contributed by atoms with Crippen LogP contribution in [0.25, 0.3) is 22.5 Å². The number of aryl methyl sites for hydroxylation is 4. The highest BCUT2D eigenvalue weighted by Gasteiger charge is 2.08. The SMILES string of the molecule is CNCCCOc1ccc(CCn2cc(-c3ccc(-c4cn(CCc5ccc(OCCCNC)cc5)nn4)cc3)nn2)cc1. The van der Waals surface area contributed by atoms with Gasteiger partial charge in [0, 0.05) is 24.2 Å². The normalized spacial score (nSPS) is 11.1. The van der Waals surface area contributed by atoms with Crippen LogP contribution in [0, 0.1) is 0 Å². The number of benzene rings is 3. The molecule has 0 atom stereocenters. The Balaban J connectivity index is 1.08. The summed E-state index contributed by atoms with van der Waals surface area (Å²) in [7, 11) is 3.90. The largest absolute Gasteiger partial charge is 0.494 e. The summed E-state index contributed by atoms with van der Waals surface area (Å²) in [6.45, 7) is 4.85. The standard InChI is InChI=1S/C34H42N8O2/c1-35-19-3-23-43-31-13-5-27(6-14-31)17-21-41-25-33(37-39-41)29-9-11-30(12-10-29)34-26-42(40-38-34)22-18-28-7-15-32(16-8-28)44-24-4-20-36-2/h5-16,25-26,35-36H,3-4,17-24H2,1-2H3. The first-order valence-corrected chi connectivity index (χ1v) is 15.3. The molecule has 5 aromatic rings. The van der Waals surface area contributed by atoms with E-state index in [4.69, 9.17) is 9.47 Å². The van der Waals surface area contributed by atoms with Crippen LogP contribution in [0.15, 0.2) is 85.2 Å². The lowest BCUT2D eigenvalue weighted by atomic mass is 10.1. The summed E-state index contributed by atoms with van der Waals surface area (Å²) in [4.78, 5) is 0. The van der Waals surface area contributed by atoms with E-state index in [0.29, 0.717) is 13.2 Å². The molecule has 3 aromatic carbocycles. The summed E-state index contributed by atoms with van der Waals surface area (Å²) in [5, 5.41) is 23.7. The number of aromatic nitrogens is 6. The summed E-state index contributed by atoms with van der Waals surface area (Å²) in [5.41, 5.74) is 6.20. The number of ether oxygens (including phenoxy) is 2. The van der Waals surface area contributed by atoms with Gasteiger partial charge in [0.05, 0.1) is 25.6 Å². The number of hydrogen-bond donors (Lipinski definition) is 2. The van der Waals surface area contributed by atoms with Crippen LogP contribution < -0.4 is 20.1 Å². The summed E-state index contributed by atoms with van der Waals surface area (Å²) in [5.74, 6) is 1.81. The predicted molar refractivity (Wildman–Crippen MR) is 173 cm³/mol. The second kappa shape index (κ2) is 16.3. The van der Waals surface area contributed by atoms with Gasteiger partial charge in [0.25, 0.3) is 0 Å². The van der Waals surface area contributed by atoms with E-state index in [2.05, 4.69) is 79.8 Å². The van der Waals surface area contributed by atoms with Crippen molar-refractivity contribution in [2.24, 2.45) is 0 Å². The van der Waals surface area contributed by atoms with E-state index in [1.54, 1.807) is 0 Å². The van der Waals surface area contributed by atoms with Gasteiger partial charge in [-0.1, -0.05) is 59.0 Å². The molecular weight excluding hydrogens is 552 g/mol. The molecule has 0 unspecified atom stereocenters. The van der Waals surface area contributed by atoms with Crippen LogP contribution in [-0.4, -0.2) is 70.4 Å². The van der Waals surface area contributed by atoms with E-state index in [9.17, 15) is 0 Å². The highest BCUT2D eigenvalue weighted by Crippen LogP contribution is 2.23. The van der Waals surface area contributed by atoms with Gasteiger partial charge < -0.3 is 20.1 Å². The van der Waals surface area contributed by atoms with Crippen LogP contribution in [-0.2, 0) is 25.9 Å². The first-order valence-electron chi connectivity index (χ1n) is 15.3. The second-order valence-electron chi connectivity index (χ2n) is 10.7. The van der Waals surface area contributed by atoms with Crippen molar-refractivity contribution in [3.8, 4) is 34.0 Å². The Labute approximate surface area is 259 Å². The van der Waals surface area contributed by atoms with E-state index in [1.165, 1.54) is 11.1 Å². The molecule has 2 heterocycles. The third-order valence-electron chi connectivity index (χ3n) is 7.34. The van der Waals surface area contributed by atoms with Crippen molar-refractivity contribution in [1.82, 2.24) is 40.6 Å². The number of nitrogens with zero attached hydrogens (tertiary/aromatic N) is 6. The molecule has 0 spiro atoms. The van der Waals surface area contributed by atoms with Gasteiger partial charge in [0.2, 0.25) is 0 Å². The van der Waals surface area contributed by atoms with E-state index in [0.717, 1.165) is 85.9 Å². The quantitative estimate of drug-likeness (QED) is 0.141. The molecular formula is C34H42N8O2. The highest BCUT2D eigenvalue weighted by atomic mass is 16.5. The molecule has 2 aromatic heterocycles. The van der Waals surface area contributed by atoms with Crippen LogP contribution in [0.1, 0.15) is 24.0 Å². The van der Waals surface area contributed by atoms with E-state index in [1.807, 2.05) is 60.1 Å². The second-order valence-corrected chi connectivity index (χ2v) is 10.7. The Morgan fingerprint density at radius 1 is 0.568 bits per heavy atom. The molecule has 0 saturated carbocycles. The Kier molecular flexibility index (Phi) is 11.5. The molecule has 0 aliphatic heterocycles. The molecule has 0 radical (unpaired) electrons. The minimum absolute atomic E-state index is 0.716. The van der Waals surface area contributed by atoms with Crippen LogP contribution in [0.5, 0.6) is 11.5 Å². The van der Waals surface area contributed by atoms with Gasteiger partial charge in [-0.25, -0.2) is 0 Å². The summed E-state index contributed by atoms with van der Waals surface area (Å²) < 4.78 is 15.3. The molecule has 44 heavy (non-hydrogen) atoms. The molecule has 0 aliphatic carbocycles. The van der Waals surface area contributed by atoms with Crippen LogP contribution in [0.3, 0.4) is 0 Å². The summed E-state index contributed by atoms with van der Waals surface area (Å²) in [6, 6.07) is 24.8. The van der Waals surface area contributed by atoms with Crippen molar-refractivity contribution in [3.05, 3.63) is 96.3 Å². The van der Waals surface area contributed by atoms with Crippen molar-refractivity contribution < 1.29 is 9.47 Å². The lowest BCUT2D eigenvalue weighted by Crippen LogP contribution is -2.11. The zero-order valence-corrected chi connectivity index (χ0v) is 25.7. The third-order valence-corrected chi connectivity index (χ3v) is 7.34. The lowest BCUT2D eigenvalue weighted by molar-refractivity contribution is 0.309. The van der Waals surface area contributed by atoms with Gasteiger partial charge in [0.1, 0.15) is 22.9 Å². The zero-order valence-electron chi connectivity index (χ0n) is 25.7. The molecule has 10 nitrogen and oxygen atoms in total. The first kappa shape index (κ1) is 30.9. The molecule has 2 N–H and O–H groups in total. The molecule has 0 amide bonds. The van der Waals surface area contributed by atoms with Gasteiger partial charge in [-0.3, -0.25) is 9.36 Å². The smallest absolute Gasteiger partial charge is 0.119 e. The topological polar surface area (TPSA) is 104 Å². The maximum atomic E-state index is 5.78. The van der Waals surface area contributed by atoms with Gasteiger partial charge in [-0.05, 0) is 88.3 Å². The molecule has 0 saturated heterocycles. The predicted octanol–water partition coefficient (Wildman–Crippen LogP) is 4.67. The molecule has 230 valence electrons. The maximum Gasteiger partial charge on any atom is 0.119 e. The van der Waals surface area contributed by atoms with Crippen molar-refractivity contribution in [1.29, 1.82) is 0 Å². The lowest BCUT2D eigenvalue weighted by Gasteiger charge is -2.07. The minimum Gasteiger partial charge on any atom is -0.494 e. The molecule has 0 fully saturated rings. The maximum absolute atomic E-state index is 5.78. The fourth-order valence-electron chi connectivity index (χ4n) is 4.76. The van der Waals surface area contributed by atoms with Crippen LogP contribution in [0.4, 0.5) is 0 Å². The minimum atomic E-state index is 0.716. The number of hydrogen-bond acceptors (Lipinski definition) is 8. The van der Waals surface area contributed by atoms with Crippen LogP contribution >= 0.6 is 0 Å². The van der Waals surface area contributed by atoms with Crippen molar-refractivity contribution in [2.75, 3.05) is 40.4 Å².